The smallest absolute Gasteiger partial charge is 0.426 e. The third-order valence-electron chi connectivity index (χ3n) is 4.74. The number of ether oxygens (including phenoxy) is 2. The number of halogens is 5. The van der Waals surface area contributed by atoms with Crippen LogP contribution in [0.4, 0.5) is 23.7 Å². The van der Waals surface area contributed by atoms with E-state index in [0.29, 0.717) is 30.0 Å². The van der Waals surface area contributed by atoms with E-state index in [1.807, 2.05) is 6.07 Å². The van der Waals surface area contributed by atoms with Crippen LogP contribution in [0.3, 0.4) is 0 Å². The Labute approximate surface area is 199 Å². The van der Waals surface area contributed by atoms with Gasteiger partial charge in [0.15, 0.2) is 0 Å². The standard InChI is InChI=1S/C21H20ClF3N4O3.ClH/c22-15-3-5-16(6-4-15)28-20(30)32-18(21(23,24)25)13-29-9-1-2-17(12-29)31-19-10-14(11-26)7-8-27-19;/h3-8,10,17-18H,1-2,9,12-13H2,(H,28,30);1H/t17-,18?;/m0./s1. The van der Waals surface area contributed by atoms with E-state index in [1.54, 1.807) is 0 Å². The van der Waals surface area contributed by atoms with E-state index in [0.717, 1.165) is 0 Å². The maximum absolute atomic E-state index is 13.5. The number of nitrogens with zero attached hydrogens (tertiary/aromatic N) is 3. The van der Waals surface area contributed by atoms with Gasteiger partial charge in [0.25, 0.3) is 0 Å². The predicted octanol–water partition coefficient (Wildman–Crippen LogP) is 5.05. The molecule has 3 rings (SSSR count). The Bertz CT molecular complexity index is 970. The number of likely N-dealkylation sites (tertiary alicyclic amines) is 1. The third-order valence-corrected chi connectivity index (χ3v) is 4.99. The second-order valence-corrected chi connectivity index (χ2v) is 7.64. The summed E-state index contributed by atoms with van der Waals surface area (Å²) in [5, 5.41) is 11.7. The molecule has 33 heavy (non-hydrogen) atoms. The lowest BCUT2D eigenvalue weighted by molar-refractivity contribution is -0.207. The van der Waals surface area contributed by atoms with Crippen LogP contribution in [0.25, 0.3) is 0 Å². The molecule has 1 aromatic carbocycles. The van der Waals surface area contributed by atoms with Crippen molar-refractivity contribution in [2.75, 3.05) is 25.0 Å². The lowest BCUT2D eigenvalue weighted by atomic mass is 10.1. The molecule has 1 aromatic heterocycles. The number of hydrogen-bond acceptors (Lipinski definition) is 6. The Hall–Kier alpha value is -2.74. The van der Waals surface area contributed by atoms with E-state index < -0.39 is 31.0 Å². The quantitative estimate of drug-likeness (QED) is 0.592. The molecule has 1 fully saturated rings. The van der Waals surface area contributed by atoms with Crippen molar-refractivity contribution in [3.63, 3.8) is 0 Å². The van der Waals surface area contributed by atoms with Gasteiger partial charge in [0.05, 0.1) is 11.6 Å². The van der Waals surface area contributed by atoms with Crippen molar-refractivity contribution < 1.29 is 27.4 Å². The van der Waals surface area contributed by atoms with Gasteiger partial charge >= 0.3 is 12.3 Å². The van der Waals surface area contributed by atoms with E-state index in [-0.39, 0.29) is 30.5 Å². The Balaban J connectivity index is 0.00000385. The molecule has 1 unspecified atom stereocenters. The van der Waals surface area contributed by atoms with Crippen LogP contribution in [-0.2, 0) is 4.74 Å². The number of amides is 1. The SMILES string of the molecule is Cl.N#Cc1ccnc(O[C@H]2CCCN(CC(OC(=O)Nc3ccc(Cl)cc3)C(F)(F)F)C2)c1. The molecule has 178 valence electrons. The normalized spacial score (nSPS) is 17.2. The first kappa shape index (κ1) is 26.5. The summed E-state index contributed by atoms with van der Waals surface area (Å²) in [7, 11) is 0. The number of nitrogens with one attached hydrogen (secondary N) is 1. The molecule has 1 aliphatic rings. The second-order valence-electron chi connectivity index (χ2n) is 7.20. The van der Waals surface area contributed by atoms with Crippen LogP contribution in [0.2, 0.25) is 5.02 Å². The third kappa shape index (κ3) is 8.28. The predicted molar refractivity (Wildman–Crippen MR) is 118 cm³/mol. The van der Waals surface area contributed by atoms with Gasteiger partial charge in [0.1, 0.15) is 6.10 Å². The Morgan fingerprint density at radius 2 is 2.06 bits per heavy atom. The van der Waals surface area contributed by atoms with Gasteiger partial charge in [-0.05, 0) is 49.7 Å². The Kier molecular flexibility index (Phi) is 9.58. The molecule has 1 aliphatic heterocycles. The van der Waals surface area contributed by atoms with E-state index in [2.05, 4.69) is 10.3 Å². The number of nitriles is 1. The minimum Gasteiger partial charge on any atom is -0.473 e. The molecule has 0 spiro atoms. The molecule has 12 heteroatoms. The molecule has 0 saturated carbocycles. The Morgan fingerprint density at radius 1 is 1.33 bits per heavy atom. The highest BCUT2D eigenvalue weighted by Gasteiger charge is 2.44. The molecular formula is C21H21Cl2F3N4O3. The van der Waals surface area contributed by atoms with Crippen LogP contribution >= 0.6 is 24.0 Å². The van der Waals surface area contributed by atoms with E-state index in [4.69, 9.17) is 26.3 Å². The number of aromatic nitrogens is 1. The minimum absolute atomic E-state index is 0. The monoisotopic (exact) mass is 504 g/mol. The zero-order chi connectivity index (χ0) is 23.1. The van der Waals surface area contributed by atoms with Crippen LogP contribution in [0.15, 0.2) is 42.6 Å². The number of pyridine rings is 1. The van der Waals surface area contributed by atoms with E-state index in [1.165, 1.54) is 47.5 Å². The zero-order valence-corrected chi connectivity index (χ0v) is 18.8. The van der Waals surface area contributed by atoms with Gasteiger partial charge in [-0.2, -0.15) is 18.4 Å². The number of hydrogen-bond donors (Lipinski definition) is 1. The first-order valence-corrected chi connectivity index (χ1v) is 10.2. The van der Waals surface area contributed by atoms with Gasteiger partial charge in [-0.15, -0.1) is 12.4 Å². The highest BCUT2D eigenvalue weighted by atomic mass is 35.5. The van der Waals surface area contributed by atoms with Gasteiger partial charge in [-0.3, -0.25) is 10.2 Å². The summed E-state index contributed by atoms with van der Waals surface area (Å²) in [5.41, 5.74) is 0.638. The molecule has 2 atom stereocenters. The summed E-state index contributed by atoms with van der Waals surface area (Å²) in [6.07, 6.45) is -6.00. The average Bonchev–Trinajstić information content (AvgIpc) is 2.75. The average molecular weight is 505 g/mol. The summed E-state index contributed by atoms with van der Waals surface area (Å²) < 4.78 is 51.0. The highest BCUT2D eigenvalue weighted by molar-refractivity contribution is 6.30. The van der Waals surface area contributed by atoms with Gasteiger partial charge in [0, 0.05) is 36.1 Å². The molecular weight excluding hydrogens is 484 g/mol. The van der Waals surface area contributed by atoms with Gasteiger partial charge in [-0.25, -0.2) is 9.78 Å². The summed E-state index contributed by atoms with van der Waals surface area (Å²) in [4.78, 5) is 17.6. The Morgan fingerprint density at radius 3 is 2.73 bits per heavy atom. The lowest BCUT2D eigenvalue weighted by Gasteiger charge is -2.34. The van der Waals surface area contributed by atoms with Crippen LogP contribution in [0, 0.1) is 11.3 Å². The van der Waals surface area contributed by atoms with Crippen molar-refractivity contribution in [2.45, 2.75) is 31.2 Å². The molecule has 0 aliphatic carbocycles. The van der Waals surface area contributed by atoms with Crippen LogP contribution in [0.5, 0.6) is 5.88 Å². The first-order chi connectivity index (χ1) is 15.2. The highest BCUT2D eigenvalue weighted by Crippen LogP contribution is 2.26. The molecule has 2 aromatic rings. The van der Waals surface area contributed by atoms with Gasteiger partial charge in [0.2, 0.25) is 12.0 Å². The number of alkyl halides is 3. The van der Waals surface area contributed by atoms with Crippen molar-refractivity contribution in [3.05, 3.63) is 53.2 Å². The van der Waals surface area contributed by atoms with E-state index in [9.17, 15) is 18.0 Å². The summed E-state index contributed by atoms with van der Waals surface area (Å²) in [6, 6.07) is 10.9. The van der Waals surface area contributed by atoms with E-state index >= 15 is 0 Å². The lowest BCUT2D eigenvalue weighted by Crippen LogP contribution is -2.49. The number of piperidine rings is 1. The van der Waals surface area contributed by atoms with Crippen molar-refractivity contribution in [1.82, 2.24) is 9.88 Å². The van der Waals surface area contributed by atoms with Crippen molar-refractivity contribution in [2.24, 2.45) is 0 Å². The number of rotatable bonds is 6. The number of benzene rings is 1. The fraction of sp³-hybridized carbons (Fsp3) is 0.381. The number of carbonyl (C=O) groups excluding carboxylic acids is 1. The van der Waals surface area contributed by atoms with Gasteiger partial charge < -0.3 is 9.47 Å². The summed E-state index contributed by atoms with van der Waals surface area (Å²) in [5.74, 6) is 0.238. The molecule has 0 bridgehead atoms. The number of carbonyl (C=O) groups is 1. The molecule has 2 heterocycles. The van der Waals surface area contributed by atoms with Crippen molar-refractivity contribution in [1.29, 1.82) is 5.26 Å². The minimum atomic E-state index is -4.74. The van der Waals surface area contributed by atoms with Crippen LogP contribution in [0.1, 0.15) is 18.4 Å². The van der Waals surface area contributed by atoms with Crippen LogP contribution < -0.4 is 10.1 Å². The maximum Gasteiger partial charge on any atom is 0.426 e. The molecule has 1 saturated heterocycles. The zero-order valence-electron chi connectivity index (χ0n) is 17.2. The number of anilines is 1. The fourth-order valence-corrected chi connectivity index (χ4v) is 3.37. The van der Waals surface area contributed by atoms with Crippen molar-refractivity contribution in [3.8, 4) is 11.9 Å². The largest absolute Gasteiger partial charge is 0.473 e. The van der Waals surface area contributed by atoms with Crippen molar-refractivity contribution >= 4 is 35.8 Å². The summed E-state index contributed by atoms with van der Waals surface area (Å²) >= 11 is 5.75. The second kappa shape index (κ2) is 11.9. The molecule has 0 radical (unpaired) electrons. The molecule has 7 nitrogen and oxygen atoms in total. The fourth-order valence-electron chi connectivity index (χ4n) is 3.24. The molecule has 1 N–H and O–H groups in total. The first-order valence-electron chi connectivity index (χ1n) is 9.78. The maximum atomic E-state index is 13.5. The summed E-state index contributed by atoms with van der Waals surface area (Å²) in [6.45, 7) is 0.0799. The van der Waals surface area contributed by atoms with Crippen LogP contribution in [-0.4, -0.2) is 54.0 Å². The molecule has 1 amide bonds. The topological polar surface area (TPSA) is 87.5 Å². The van der Waals surface area contributed by atoms with Gasteiger partial charge in [-0.1, -0.05) is 11.6 Å².